The van der Waals surface area contributed by atoms with E-state index in [-0.39, 0.29) is 0 Å². The molecule has 0 aromatic rings. The fourth-order valence-corrected chi connectivity index (χ4v) is 3.70. The molecule has 0 aromatic carbocycles. The lowest BCUT2D eigenvalue weighted by atomic mass is 9.90. The van der Waals surface area contributed by atoms with Crippen molar-refractivity contribution in [1.29, 1.82) is 0 Å². The molecular weight excluding hydrogens is 236 g/mol. The van der Waals surface area contributed by atoms with Crippen molar-refractivity contribution in [2.24, 2.45) is 5.92 Å². The van der Waals surface area contributed by atoms with Crippen molar-refractivity contribution in [1.82, 2.24) is 10.2 Å². The quantitative estimate of drug-likeness (QED) is 0.801. The fraction of sp³-hybridized carbons (Fsp3) is 1.00. The van der Waals surface area contributed by atoms with E-state index >= 15 is 0 Å². The zero-order valence-electron chi connectivity index (χ0n) is 13.0. The average Bonchev–Trinajstić information content (AvgIpc) is 2.90. The highest BCUT2D eigenvalue weighted by atomic mass is 16.5. The van der Waals surface area contributed by atoms with Crippen LogP contribution in [0, 0.1) is 5.92 Å². The number of ether oxygens (including phenoxy) is 1. The molecular formula is C16H32N2O. The molecule has 1 aliphatic heterocycles. The van der Waals surface area contributed by atoms with Crippen molar-refractivity contribution < 1.29 is 4.74 Å². The maximum Gasteiger partial charge on any atom is 0.0586 e. The predicted octanol–water partition coefficient (Wildman–Crippen LogP) is 2.65. The van der Waals surface area contributed by atoms with Gasteiger partial charge in [0.25, 0.3) is 0 Å². The van der Waals surface area contributed by atoms with Gasteiger partial charge in [-0.3, -0.25) is 4.90 Å². The number of nitrogens with zero attached hydrogens (tertiary/aromatic N) is 1. The first-order valence-electron chi connectivity index (χ1n) is 8.19. The highest BCUT2D eigenvalue weighted by molar-refractivity contribution is 4.85. The van der Waals surface area contributed by atoms with Crippen LogP contribution < -0.4 is 5.32 Å². The molecule has 112 valence electrons. The Kier molecular flexibility index (Phi) is 6.11. The van der Waals surface area contributed by atoms with Gasteiger partial charge >= 0.3 is 0 Å². The zero-order valence-corrected chi connectivity index (χ0v) is 13.0. The maximum absolute atomic E-state index is 5.60. The van der Waals surface area contributed by atoms with E-state index in [4.69, 9.17) is 4.74 Å². The van der Waals surface area contributed by atoms with Gasteiger partial charge in [0.05, 0.1) is 6.10 Å². The Morgan fingerprint density at radius 2 is 2.05 bits per heavy atom. The van der Waals surface area contributed by atoms with Gasteiger partial charge in [-0.1, -0.05) is 13.8 Å². The lowest BCUT2D eigenvalue weighted by molar-refractivity contribution is 0.0224. The molecule has 19 heavy (non-hydrogen) atoms. The first kappa shape index (κ1) is 15.3. The Hall–Kier alpha value is -0.120. The molecule has 0 amide bonds. The Morgan fingerprint density at radius 3 is 2.68 bits per heavy atom. The second-order valence-electron chi connectivity index (χ2n) is 6.82. The third-order valence-corrected chi connectivity index (χ3v) is 4.67. The Balaban J connectivity index is 1.90. The van der Waals surface area contributed by atoms with Gasteiger partial charge in [-0.25, -0.2) is 0 Å². The largest absolute Gasteiger partial charge is 0.381 e. The SMILES string of the molecule is COC1CCCC(N(CC(C)C)CC2CCCN2)C1. The summed E-state index contributed by atoms with van der Waals surface area (Å²) in [4.78, 5) is 2.75. The van der Waals surface area contributed by atoms with Crippen molar-refractivity contribution in [3.05, 3.63) is 0 Å². The van der Waals surface area contributed by atoms with Crippen LogP contribution >= 0.6 is 0 Å². The van der Waals surface area contributed by atoms with Gasteiger partial charge in [-0.05, 0) is 51.0 Å². The summed E-state index contributed by atoms with van der Waals surface area (Å²) < 4.78 is 5.60. The molecule has 3 unspecified atom stereocenters. The van der Waals surface area contributed by atoms with Gasteiger partial charge in [0.15, 0.2) is 0 Å². The maximum atomic E-state index is 5.60. The van der Waals surface area contributed by atoms with E-state index in [1.54, 1.807) is 0 Å². The van der Waals surface area contributed by atoms with Crippen LogP contribution in [0.4, 0.5) is 0 Å². The predicted molar refractivity (Wildman–Crippen MR) is 80.5 cm³/mol. The minimum Gasteiger partial charge on any atom is -0.381 e. The molecule has 2 aliphatic rings. The molecule has 3 heteroatoms. The molecule has 2 fully saturated rings. The third kappa shape index (κ3) is 4.73. The molecule has 0 bridgehead atoms. The molecule has 1 saturated carbocycles. The summed E-state index contributed by atoms with van der Waals surface area (Å²) in [6.07, 6.45) is 8.38. The minimum absolute atomic E-state index is 0.491. The lowest BCUT2D eigenvalue weighted by Crippen LogP contribution is -2.47. The molecule has 1 heterocycles. The second-order valence-corrected chi connectivity index (χ2v) is 6.82. The van der Waals surface area contributed by atoms with E-state index < -0.39 is 0 Å². The van der Waals surface area contributed by atoms with Crippen LogP contribution in [0.2, 0.25) is 0 Å². The fourth-order valence-electron chi connectivity index (χ4n) is 3.70. The molecule has 0 radical (unpaired) electrons. The van der Waals surface area contributed by atoms with Gasteiger partial charge in [0, 0.05) is 32.3 Å². The number of methoxy groups -OCH3 is 1. The summed E-state index contributed by atoms with van der Waals surface area (Å²) in [6, 6.07) is 1.46. The van der Waals surface area contributed by atoms with Crippen LogP contribution in [-0.2, 0) is 4.74 Å². The standard InChI is InChI=1S/C16H32N2O/c1-13(2)11-18(12-14-6-5-9-17-14)15-7-4-8-16(10-15)19-3/h13-17H,4-12H2,1-3H3. The smallest absolute Gasteiger partial charge is 0.0586 e. The molecule has 0 aromatic heterocycles. The topological polar surface area (TPSA) is 24.5 Å². The van der Waals surface area contributed by atoms with Gasteiger partial charge in [-0.15, -0.1) is 0 Å². The van der Waals surface area contributed by atoms with E-state index in [9.17, 15) is 0 Å². The summed E-state index contributed by atoms with van der Waals surface area (Å²) in [5, 5.41) is 3.65. The highest BCUT2D eigenvalue weighted by Gasteiger charge is 2.29. The molecule has 3 atom stereocenters. The number of hydrogen-bond acceptors (Lipinski definition) is 3. The third-order valence-electron chi connectivity index (χ3n) is 4.67. The van der Waals surface area contributed by atoms with Crippen molar-refractivity contribution in [3.8, 4) is 0 Å². The van der Waals surface area contributed by atoms with E-state index in [0.717, 1.165) is 18.0 Å². The van der Waals surface area contributed by atoms with Crippen LogP contribution in [0.25, 0.3) is 0 Å². The Labute approximate surface area is 119 Å². The summed E-state index contributed by atoms with van der Waals surface area (Å²) in [6.45, 7) is 8.36. The second kappa shape index (κ2) is 7.61. The van der Waals surface area contributed by atoms with Crippen LogP contribution in [0.1, 0.15) is 52.4 Å². The van der Waals surface area contributed by atoms with Crippen LogP contribution in [-0.4, -0.2) is 49.8 Å². The van der Waals surface area contributed by atoms with Gasteiger partial charge in [0.1, 0.15) is 0 Å². The van der Waals surface area contributed by atoms with Crippen molar-refractivity contribution in [2.45, 2.75) is 70.6 Å². The van der Waals surface area contributed by atoms with Crippen LogP contribution in [0.5, 0.6) is 0 Å². The molecule has 3 nitrogen and oxygen atoms in total. The van der Waals surface area contributed by atoms with Gasteiger partial charge in [-0.2, -0.15) is 0 Å². The Morgan fingerprint density at radius 1 is 1.21 bits per heavy atom. The first-order valence-corrected chi connectivity index (χ1v) is 8.19. The normalized spacial score (nSPS) is 32.4. The molecule has 2 rings (SSSR count). The van der Waals surface area contributed by atoms with E-state index in [2.05, 4.69) is 24.1 Å². The van der Waals surface area contributed by atoms with Crippen LogP contribution in [0.3, 0.4) is 0 Å². The monoisotopic (exact) mass is 268 g/mol. The molecule has 1 aliphatic carbocycles. The van der Waals surface area contributed by atoms with Crippen molar-refractivity contribution in [2.75, 3.05) is 26.7 Å². The number of nitrogens with one attached hydrogen (secondary N) is 1. The Bertz CT molecular complexity index is 251. The van der Waals surface area contributed by atoms with Crippen molar-refractivity contribution in [3.63, 3.8) is 0 Å². The summed E-state index contributed by atoms with van der Waals surface area (Å²) in [5.41, 5.74) is 0. The van der Waals surface area contributed by atoms with Gasteiger partial charge in [0.2, 0.25) is 0 Å². The average molecular weight is 268 g/mol. The van der Waals surface area contributed by atoms with E-state index in [1.807, 2.05) is 7.11 Å². The first-order chi connectivity index (χ1) is 9.19. The summed E-state index contributed by atoms with van der Waals surface area (Å²) >= 11 is 0. The summed E-state index contributed by atoms with van der Waals surface area (Å²) in [5.74, 6) is 0.754. The number of rotatable bonds is 6. The van der Waals surface area contributed by atoms with E-state index in [1.165, 1.54) is 58.2 Å². The minimum atomic E-state index is 0.491. The zero-order chi connectivity index (χ0) is 13.7. The molecule has 1 N–H and O–H groups in total. The molecule has 0 spiro atoms. The van der Waals surface area contributed by atoms with E-state index in [0.29, 0.717) is 6.10 Å². The van der Waals surface area contributed by atoms with Crippen molar-refractivity contribution >= 4 is 0 Å². The lowest BCUT2D eigenvalue weighted by Gasteiger charge is -2.39. The number of hydrogen-bond donors (Lipinski definition) is 1. The molecule has 1 saturated heterocycles. The summed E-state index contributed by atoms with van der Waals surface area (Å²) in [7, 11) is 1.87. The van der Waals surface area contributed by atoms with Crippen LogP contribution in [0.15, 0.2) is 0 Å². The highest BCUT2D eigenvalue weighted by Crippen LogP contribution is 2.26. The van der Waals surface area contributed by atoms with Gasteiger partial charge < -0.3 is 10.1 Å².